The first kappa shape index (κ1) is 20.1. The Morgan fingerprint density at radius 3 is 1.79 bits per heavy atom. The van der Waals surface area contributed by atoms with Crippen molar-refractivity contribution < 1.29 is 9.90 Å². The summed E-state index contributed by atoms with van der Waals surface area (Å²) in [6.07, 6.45) is 5.67. The molecule has 1 unspecified atom stereocenters. The number of nitrogens with zero attached hydrogens (tertiary/aromatic N) is 1. The number of carbonyl (C=O) groups is 1. The highest BCUT2D eigenvalue weighted by Gasteiger charge is 2.43. The normalized spacial score (nSPS) is 16.5. The maximum atomic E-state index is 13.5. The minimum Gasteiger partial charge on any atom is -0.376 e. The zero-order valence-corrected chi connectivity index (χ0v) is 17.0. The van der Waals surface area contributed by atoms with Crippen LogP contribution in [0, 0.1) is 5.92 Å². The van der Waals surface area contributed by atoms with Gasteiger partial charge in [0.05, 0.1) is 5.92 Å². The molecule has 3 rings (SSSR count). The zero-order valence-electron chi connectivity index (χ0n) is 17.0. The van der Waals surface area contributed by atoms with Crippen LogP contribution in [0.2, 0.25) is 0 Å². The van der Waals surface area contributed by atoms with Gasteiger partial charge in [-0.3, -0.25) is 4.79 Å². The molecular formula is C25H29NO2. The standard InChI is InChI=1S/C25H29NO2/c1-18(2)26(19(3)4)24(27)22-16-11-17-23(22)25(28,20-12-7-5-8-13-20)21-14-9-6-10-15-21/h5-19,22,28H,1-4H3. The van der Waals surface area contributed by atoms with Crippen molar-refractivity contribution in [3.8, 4) is 0 Å². The molecule has 1 amide bonds. The molecule has 2 aromatic rings. The molecule has 0 saturated carbocycles. The van der Waals surface area contributed by atoms with Crippen LogP contribution in [0.25, 0.3) is 0 Å². The third-order valence-corrected chi connectivity index (χ3v) is 5.35. The Labute approximate surface area is 168 Å². The largest absolute Gasteiger partial charge is 0.376 e. The highest BCUT2D eigenvalue weighted by molar-refractivity contribution is 5.86. The van der Waals surface area contributed by atoms with Gasteiger partial charge in [0.2, 0.25) is 5.91 Å². The first-order valence-electron chi connectivity index (χ1n) is 9.91. The number of amides is 1. The summed E-state index contributed by atoms with van der Waals surface area (Å²) in [5.74, 6) is -0.467. The van der Waals surface area contributed by atoms with Gasteiger partial charge in [0, 0.05) is 12.1 Å². The van der Waals surface area contributed by atoms with Gasteiger partial charge in [0.15, 0.2) is 0 Å². The lowest BCUT2D eigenvalue weighted by molar-refractivity contribution is -0.137. The van der Waals surface area contributed by atoms with Crippen LogP contribution in [0.1, 0.15) is 38.8 Å². The monoisotopic (exact) mass is 375 g/mol. The number of allylic oxidation sites excluding steroid dienone is 2. The fourth-order valence-corrected chi connectivity index (χ4v) is 4.16. The van der Waals surface area contributed by atoms with E-state index in [1.807, 2.05) is 111 Å². The van der Waals surface area contributed by atoms with Gasteiger partial charge in [-0.05, 0) is 44.4 Å². The molecule has 0 spiro atoms. The lowest BCUT2D eigenvalue weighted by atomic mass is 9.75. The third-order valence-electron chi connectivity index (χ3n) is 5.35. The number of hydrogen-bond acceptors (Lipinski definition) is 2. The molecule has 0 aliphatic heterocycles. The van der Waals surface area contributed by atoms with E-state index in [1.54, 1.807) is 0 Å². The van der Waals surface area contributed by atoms with Crippen LogP contribution in [-0.4, -0.2) is 28.0 Å². The van der Waals surface area contributed by atoms with Crippen molar-refractivity contribution in [2.75, 3.05) is 0 Å². The summed E-state index contributed by atoms with van der Waals surface area (Å²) in [5.41, 5.74) is 0.844. The van der Waals surface area contributed by atoms with E-state index in [4.69, 9.17) is 0 Å². The van der Waals surface area contributed by atoms with Crippen molar-refractivity contribution in [2.24, 2.45) is 5.92 Å². The van der Waals surface area contributed by atoms with Crippen LogP contribution in [0.3, 0.4) is 0 Å². The Hall–Kier alpha value is -2.65. The molecule has 0 bridgehead atoms. The molecule has 3 nitrogen and oxygen atoms in total. The Bertz CT molecular complexity index is 818. The average Bonchev–Trinajstić information content (AvgIpc) is 3.18. The van der Waals surface area contributed by atoms with Crippen molar-refractivity contribution in [3.05, 3.63) is 95.6 Å². The van der Waals surface area contributed by atoms with Crippen LogP contribution >= 0.6 is 0 Å². The Kier molecular flexibility index (Phi) is 5.85. The van der Waals surface area contributed by atoms with Crippen LogP contribution in [0.4, 0.5) is 0 Å². The van der Waals surface area contributed by atoms with Gasteiger partial charge in [0.1, 0.15) is 5.60 Å². The van der Waals surface area contributed by atoms with Crippen molar-refractivity contribution >= 4 is 5.91 Å². The molecule has 1 aliphatic rings. The first-order valence-corrected chi connectivity index (χ1v) is 9.91. The van der Waals surface area contributed by atoms with Crippen LogP contribution in [0.5, 0.6) is 0 Å². The van der Waals surface area contributed by atoms with Gasteiger partial charge in [-0.1, -0.05) is 78.9 Å². The lowest BCUT2D eigenvalue weighted by Gasteiger charge is -2.38. The first-order chi connectivity index (χ1) is 13.4. The second-order valence-corrected chi connectivity index (χ2v) is 7.86. The van der Waals surface area contributed by atoms with E-state index in [0.29, 0.717) is 5.57 Å². The van der Waals surface area contributed by atoms with E-state index in [-0.39, 0.29) is 18.0 Å². The third kappa shape index (κ3) is 3.55. The van der Waals surface area contributed by atoms with Gasteiger partial charge in [0.25, 0.3) is 0 Å². The Balaban J connectivity index is 2.10. The predicted octanol–water partition coefficient (Wildman–Crippen LogP) is 4.68. The summed E-state index contributed by atoms with van der Waals surface area (Å²) in [7, 11) is 0. The summed E-state index contributed by atoms with van der Waals surface area (Å²) < 4.78 is 0. The summed E-state index contributed by atoms with van der Waals surface area (Å²) in [6.45, 7) is 8.11. The Morgan fingerprint density at radius 2 is 1.36 bits per heavy atom. The minimum atomic E-state index is -1.37. The second kappa shape index (κ2) is 8.15. The van der Waals surface area contributed by atoms with Crippen molar-refractivity contribution in [1.29, 1.82) is 0 Å². The number of carbonyl (C=O) groups excluding carboxylic acids is 1. The van der Waals surface area contributed by atoms with Gasteiger partial charge in [-0.25, -0.2) is 0 Å². The molecule has 1 N–H and O–H groups in total. The number of benzene rings is 2. The molecule has 0 fully saturated rings. The van der Waals surface area contributed by atoms with Crippen molar-refractivity contribution in [1.82, 2.24) is 4.90 Å². The highest BCUT2D eigenvalue weighted by Crippen LogP contribution is 2.43. The molecule has 0 saturated heterocycles. The Morgan fingerprint density at radius 1 is 0.893 bits per heavy atom. The molecule has 146 valence electrons. The molecule has 3 heteroatoms. The predicted molar refractivity (Wildman–Crippen MR) is 114 cm³/mol. The summed E-state index contributed by atoms with van der Waals surface area (Å²) in [5, 5.41) is 12.1. The van der Waals surface area contributed by atoms with Crippen LogP contribution in [-0.2, 0) is 10.4 Å². The molecule has 0 aromatic heterocycles. The van der Waals surface area contributed by atoms with E-state index in [0.717, 1.165) is 11.1 Å². The van der Waals surface area contributed by atoms with Crippen LogP contribution in [0.15, 0.2) is 84.5 Å². The molecule has 1 atom stereocenters. The van der Waals surface area contributed by atoms with Gasteiger partial charge in [-0.2, -0.15) is 0 Å². The molecule has 1 aliphatic carbocycles. The molecule has 0 heterocycles. The quantitative estimate of drug-likeness (QED) is 0.796. The summed E-state index contributed by atoms with van der Waals surface area (Å²) in [6, 6.07) is 19.3. The SMILES string of the molecule is CC(C)N(C(=O)C1C=CC=C1C(O)(c1ccccc1)c1ccccc1)C(C)C. The molecule has 28 heavy (non-hydrogen) atoms. The van der Waals surface area contributed by atoms with E-state index < -0.39 is 11.5 Å². The highest BCUT2D eigenvalue weighted by atomic mass is 16.3. The summed E-state index contributed by atoms with van der Waals surface area (Å²) >= 11 is 0. The van der Waals surface area contributed by atoms with Crippen molar-refractivity contribution in [3.63, 3.8) is 0 Å². The van der Waals surface area contributed by atoms with Gasteiger partial charge in [-0.15, -0.1) is 0 Å². The maximum absolute atomic E-state index is 13.5. The smallest absolute Gasteiger partial charge is 0.234 e. The zero-order chi connectivity index (χ0) is 20.3. The lowest BCUT2D eigenvalue weighted by Crippen LogP contribution is -2.47. The molecular weight excluding hydrogens is 346 g/mol. The summed E-state index contributed by atoms with van der Waals surface area (Å²) in [4.78, 5) is 15.4. The van der Waals surface area contributed by atoms with Crippen molar-refractivity contribution in [2.45, 2.75) is 45.4 Å². The number of aliphatic hydroxyl groups is 1. The van der Waals surface area contributed by atoms with Gasteiger partial charge >= 0.3 is 0 Å². The second-order valence-electron chi connectivity index (χ2n) is 7.86. The van der Waals surface area contributed by atoms with E-state index in [9.17, 15) is 9.90 Å². The fourth-order valence-electron chi connectivity index (χ4n) is 4.16. The van der Waals surface area contributed by atoms with E-state index in [1.165, 1.54) is 0 Å². The average molecular weight is 376 g/mol. The molecule has 0 radical (unpaired) electrons. The maximum Gasteiger partial charge on any atom is 0.234 e. The van der Waals surface area contributed by atoms with Crippen LogP contribution < -0.4 is 0 Å². The van der Waals surface area contributed by atoms with E-state index in [2.05, 4.69) is 0 Å². The number of hydrogen-bond donors (Lipinski definition) is 1. The molecule has 2 aromatic carbocycles. The minimum absolute atomic E-state index is 0.0234. The number of rotatable bonds is 6. The van der Waals surface area contributed by atoms with Gasteiger partial charge < -0.3 is 10.0 Å². The topological polar surface area (TPSA) is 40.5 Å². The van der Waals surface area contributed by atoms with E-state index >= 15 is 0 Å². The fraction of sp³-hybridized carbons (Fsp3) is 0.320.